The normalized spacial score (nSPS) is 10.0. The van der Waals surface area contributed by atoms with Crippen LogP contribution in [0, 0.1) is 24.1 Å². The Morgan fingerprint density at radius 1 is 1.26 bits per heavy atom. The largest absolute Gasteiger partial charge is 0.454 e. The predicted molar refractivity (Wildman–Crippen MR) is 74.5 cm³/mol. The van der Waals surface area contributed by atoms with Gasteiger partial charge in [0.25, 0.3) is 0 Å². The third-order valence-corrected chi connectivity index (χ3v) is 3.14. The van der Waals surface area contributed by atoms with Gasteiger partial charge < -0.3 is 10.5 Å². The number of hydrogen-bond donors (Lipinski definition) is 1. The number of nitrogens with zero attached hydrogens (tertiary/aromatic N) is 1. The van der Waals surface area contributed by atoms with Crippen molar-refractivity contribution in [2.24, 2.45) is 0 Å². The summed E-state index contributed by atoms with van der Waals surface area (Å²) in [6.45, 7) is 1.87. The maximum Gasteiger partial charge on any atom is 0.153 e. The third kappa shape index (κ3) is 2.85. The molecule has 0 amide bonds. The van der Waals surface area contributed by atoms with Crippen LogP contribution < -0.4 is 10.5 Å². The molecule has 0 unspecified atom stereocenters. The third-order valence-electron chi connectivity index (χ3n) is 2.53. The summed E-state index contributed by atoms with van der Waals surface area (Å²) in [6, 6.07) is 9.80. The van der Waals surface area contributed by atoms with E-state index >= 15 is 0 Å². The number of rotatable bonds is 2. The minimum atomic E-state index is -0.477. The molecule has 0 heterocycles. The second-order valence-electron chi connectivity index (χ2n) is 4.02. The number of nitriles is 1. The summed E-state index contributed by atoms with van der Waals surface area (Å²) in [5.41, 5.74) is 7.37. The highest BCUT2D eigenvalue weighted by atomic mass is 79.9. The Balaban J connectivity index is 2.42. The lowest BCUT2D eigenvalue weighted by Crippen LogP contribution is -1.95. The van der Waals surface area contributed by atoms with Crippen LogP contribution in [0.25, 0.3) is 0 Å². The molecule has 0 fully saturated rings. The van der Waals surface area contributed by atoms with Gasteiger partial charge in [-0.05, 0) is 46.6 Å². The first-order valence-electron chi connectivity index (χ1n) is 5.44. The number of nitrogen functional groups attached to an aromatic ring is 1. The maximum absolute atomic E-state index is 13.5. The molecule has 0 saturated heterocycles. The number of anilines is 1. The van der Waals surface area contributed by atoms with Gasteiger partial charge >= 0.3 is 0 Å². The molecule has 0 radical (unpaired) electrons. The van der Waals surface area contributed by atoms with Crippen molar-refractivity contribution in [3.05, 3.63) is 51.7 Å². The van der Waals surface area contributed by atoms with Crippen molar-refractivity contribution < 1.29 is 9.13 Å². The fourth-order valence-electron chi connectivity index (χ4n) is 1.57. The molecule has 0 saturated carbocycles. The zero-order valence-electron chi connectivity index (χ0n) is 10.1. The molecule has 2 aromatic carbocycles. The van der Waals surface area contributed by atoms with Crippen molar-refractivity contribution in [2.45, 2.75) is 6.92 Å². The van der Waals surface area contributed by atoms with Gasteiger partial charge in [-0.25, -0.2) is 4.39 Å². The highest BCUT2D eigenvalue weighted by Crippen LogP contribution is 2.33. The first kappa shape index (κ1) is 13.4. The van der Waals surface area contributed by atoms with Crippen LogP contribution in [-0.2, 0) is 0 Å². The van der Waals surface area contributed by atoms with Gasteiger partial charge in [-0.2, -0.15) is 5.26 Å². The van der Waals surface area contributed by atoms with Crippen LogP contribution in [0.15, 0.2) is 34.8 Å². The second-order valence-corrected chi connectivity index (χ2v) is 4.87. The van der Waals surface area contributed by atoms with Crippen LogP contribution in [0.1, 0.15) is 11.1 Å². The van der Waals surface area contributed by atoms with E-state index in [4.69, 9.17) is 15.7 Å². The first-order chi connectivity index (χ1) is 9.01. The summed E-state index contributed by atoms with van der Waals surface area (Å²) in [5.74, 6) is 0.0531. The van der Waals surface area contributed by atoms with Crippen molar-refractivity contribution in [1.82, 2.24) is 0 Å². The number of benzene rings is 2. The second kappa shape index (κ2) is 5.29. The van der Waals surface area contributed by atoms with E-state index in [9.17, 15) is 4.39 Å². The Morgan fingerprint density at radius 3 is 2.68 bits per heavy atom. The van der Waals surface area contributed by atoms with Crippen LogP contribution in [-0.4, -0.2) is 0 Å². The summed E-state index contributed by atoms with van der Waals surface area (Å²) >= 11 is 3.04. The van der Waals surface area contributed by atoms with Crippen molar-refractivity contribution >= 4 is 21.6 Å². The maximum atomic E-state index is 13.5. The Kier molecular flexibility index (Phi) is 3.72. The molecule has 0 atom stereocenters. The van der Waals surface area contributed by atoms with E-state index in [1.807, 2.05) is 19.1 Å². The van der Waals surface area contributed by atoms with Crippen LogP contribution in [0.2, 0.25) is 0 Å². The van der Waals surface area contributed by atoms with Crippen molar-refractivity contribution in [3.63, 3.8) is 0 Å². The molecule has 3 nitrogen and oxygen atoms in total. The molecule has 0 aliphatic carbocycles. The van der Waals surface area contributed by atoms with Gasteiger partial charge in [0.1, 0.15) is 17.6 Å². The molecule has 19 heavy (non-hydrogen) atoms. The van der Waals surface area contributed by atoms with Crippen LogP contribution in [0.4, 0.5) is 10.1 Å². The molecule has 0 bridgehead atoms. The Hall–Kier alpha value is -2.06. The van der Waals surface area contributed by atoms with E-state index in [-0.39, 0.29) is 15.9 Å². The van der Waals surface area contributed by atoms with Crippen molar-refractivity contribution in [1.29, 1.82) is 5.26 Å². The Bertz CT molecular complexity index is 680. The molecule has 0 aliphatic heterocycles. The SMILES string of the molecule is Cc1ccc(Oc2cc(F)c(Br)cc2N)c(C#N)c1. The summed E-state index contributed by atoms with van der Waals surface area (Å²) in [6.07, 6.45) is 0. The van der Waals surface area contributed by atoms with E-state index < -0.39 is 5.82 Å². The monoisotopic (exact) mass is 320 g/mol. The fourth-order valence-corrected chi connectivity index (χ4v) is 1.93. The van der Waals surface area contributed by atoms with Crippen molar-refractivity contribution in [3.8, 4) is 17.6 Å². The number of ether oxygens (including phenoxy) is 1. The molecular formula is C14H10BrFN2O. The van der Waals surface area contributed by atoms with Crippen LogP contribution in [0.3, 0.4) is 0 Å². The zero-order valence-corrected chi connectivity index (χ0v) is 11.7. The highest BCUT2D eigenvalue weighted by molar-refractivity contribution is 9.10. The van der Waals surface area contributed by atoms with Gasteiger partial charge in [-0.15, -0.1) is 0 Å². The molecule has 0 spiro atoms. The molecule has 2 aromatic rings. The van der Waals surface area contributed by atoms with Crippen molar-refractivity contribution in [2.75, 3.05) is 5.73 Å². The van der Waals surface area contributed by atoms with E-state index in [0.717, 1.165) is 5.56 Å². The van der Waals surface area contributed by atoms with E-state index in [1.165, 1.54) is 12.1 Å². The molecule has 0 aromatic heterocycles. The average Bonchev–Trinajstić information content (AvgIpc) is 2.37. The van der Waals surface area contributed by atoms with E-state index in [2.05, 4.69) is 15.9 Å². The van der Waals surface area contributed by atoms with Gasteiger partial charge in [-0.3, -0.25) is 0 Å². The summed E-state index contributed by atoms with van der Waals surface area (Å²) < 4.78 is 19.2. The highest BCUT2D eigenvalue weighted by Gasteiger charge is 2.10. The number of halogens is 2. The Labute approximate surface area is 118 Å². The standard InChI is InChI=1S/C14H10BrFN2O/c1-8-2-3-13(9(4-8)7-17)19-14-6-11(16)10(15)5-12(14)18/h2-6H,18H2,1H3. The number of aryl methyl sites for hydroxylation is 1. The topological polar surface area (TPSA) is 59.0 Å². The predicted octanol–water partition coefficient (Wildman–Crippen LogP) is 4.14. The number of nitrogens with two attached hydrogens (primary N) is 1. The molecule has 5 heteroatoms. The van der Waals surface area contributed by atoms with Gasteiger partial charge in [0.15, 0.2) is 5.75 Å². The summed E-state index contributed by atoms with van der Waals surface area (Å²) in [7, 11) is 0. The minimum Gasteiger partial charge on any atom is -0.454 e. The summed E-state index contributed by atoms with van der Waals surface area (Å²) in [4.78, 5) is 0. The molecule has 2 rings (SSSR count). The van der Waals surface area contributed by atoms with E-state index in [0.29, 0.717) is 11.3 Å². The van der Waals surface area contributed by atoms with Gasteiger partial charge in [0.05, 0.1) is 15.7 Å². The van der Waals surface area contributed by atoms with E-state index in [1.54, 1.807) is 12.1 Å². The van der Waals surface area contributed by atoms with Gasteiger partial charge in [0, 0.05) is 6.07 Å². The smallest absolute Gasteiger partial charge is 0.153 e. The fraction of sp³-hybridized carbons (Fsp3) is 0.0714. The van der Waals surface area contributed by atoms with Gasteiger partial charge in [0.2, 0.25) is 0 Å². The van der Waals surface area contributed by atoms with Crippen LogP contribution >= 0.6 is 15.9 Å². The molecule has 96 valence electrons. The van der Waals surface area contributed by atoms with Gasteiger partial charge in [-0.1, -0.05) is 6.07 Å². The molecule has 2 N–H and O–H groups in total. The lowest BCUT2D eigenvalue weighted by molar-refractivity contribution is 0.477. The molecule has 0 aliphatic rings. The Morgan fingerprint density at radius 2 is 2.00 bits per heavy atom. The first-order valence-corrected chi connectivity index (χ1v) is 6.23. The zero-order chi connectivity index (χ0) is 14.0. The average molecular weight is 321 g/mol. The lowest BCUT2D eigenvalue weighted by Gasteiger charge is -2.11. The number of hydrogen-bond acceptors (Lipinski definition) is 3. The minimum absolute atomic E-state index is 0.182. The molecular weight excluding hydrogens is 311 g/mol. The lowest BCUT2D eigenvalue weighted by atomic mass is 10.1. The summed E-state index contributed by atoms with van der Waals surface area (Å²) in [5, 5.41) is 9.05. The quantitative estimate of drug-likeness (QED) is 0.846. The van der Waals surface area contributed by atoms with Crippen LogP contribution in [0.5, 0.6) is 11.5 Å².